The number of thioether (sulfide) groups is 2. The van der Waals surface area contributed by atoms with Crippen molar-refractivity contribution < 1.29 is 23.5 Å². The minimum atomic E-state index is -2.65. The number of hydrogen-bond donors (Lipinski definition) is 2. The third kappa shape index (κ3) is 5.92. The van der Waals surface area contributed by atoms with E-state index in [0.29, 0.717) is 5.75 Å². The van der Waals surface area contributed by atoms with Crippen LogP contribution in [0.2, 0.25) is 0 Å². The molecule has 1 rings (SSSR count). The van der Waals surface area contributed by atoms with E-state index in [1.807, 2.05) is 6.26 Å². The second-order valence-electron chi connectivity index (χ2n) is 4.02. The summed E-state index contributed by atoms with van der Waals surface area (Å²) in [6.45, 7) is 0. The summed E-state index contributed by atoms with van der Waals surface area (Å²) >= 11 is 1.72. The van der Waals surface area contributed by atoms with Crippen molar-refractivity contribution in [2.75, 3.05) is 12.0 Å². The van der Waals surface area contributed by atoms with Crippen LogP contribution >= 0.6 is 23.5 Å². The molecule has 0 saturated carbocycles. The smallest absolute Gasteiger partial charge is 0.326 e. The molecule has 8 heteroatoms. The highest BCUT2D eigenvalue weighted by Gasteiger charge is 2.22. The summed E-state index contributed by atoms with van der Waals surface area (Å²) in [7, 11) is 0. The summed E-state index contributed by atoms with van der Waals surface area (Å²) in [5.74, 6) is -3.88. The first-order valence-electron chi connectivity index (χ1n) is 6.02. The maximum Gasteiger partial charge on any atom is 0.326 e. The summed E-state index contributed by atoms with van der Waals surface area (Å²) in [6.07, 6.45) is 2.10. The van der Waals surface area contributed by atoms with Crippen LogP contribution in [0.3, 0.4) is 0 Å². The quantitative estimate of drug-likeness (QED) is 0.715. The molecule has 1 unspecified atom stereocenters. The fourth-order valence-electron chi connectivity index (χ4n) is 1.58. The van der Waals surface area contributed by atoms with E-state index >= 15 is 0 Å². The lowest BCUT2D eigenvalue weighted by Gasteiger charge is -2.15. The van der Waals surface area contributed by atoms with Gasteiger partial charge in [-0.25, -0.2) is 4.79 Å². The average molecular weight is 335 g/mol. The standard InChI is InChI=1S/C13H15F2NO3S2/c1-20-7-6-9(12(18)19)16-11(17)8-4-2-3-5-10(8)21-13(14)15/h2-5,9,13H,6-7H2,1H3,(H,16,17)(H,18,19). The molecule has 0 aliphatic rings. The van der Waals surface area contributed by atoms with E-state index in [-0.39, 0.29) is 28.6 Å². The summed E-state index contributed by atoms with van der Waals surface area (Å²) < 4.78 is 24.9. The third-order valence-electron chi connectivity index (χ3n) is 2.56. The highest BCUT2D eigenvalue weighted by molar-refractivity contribution is 7.99. The molecule has 21 heavy (non-hydrogen) atoms. The van der Waals surface area contributed by atoms with Gasteiger partial charge < -0.3 is 10.4 Å². The van der Waals surface area contributed by atoms with Crippen molar-refractivity contribution in [3.63, 3.8) is 0 Å². The molecule has 0 radical (unpaired) electrons. The van der Waals surface area contributed by atoms with E-state index in [9.17, 15) is 18.4 Å². The Bertz CT molecular complexity index is 500. The van der Waals surface area contributed by atoms with Gasteiger partial charge in [-0.2, -0.15) is 20.5 Å². The SMILES string of the molecule is CSCCC(NC(=O)c1ccccc1SC(F)F)C(=O)O. The normalized spacial score (nSPS) is 12.2. The van der Waals surface area contributed by atoms with E-state index in [0.717, 1.165) is 0 Å². The van der Waals surface area contributed by atoms with E-state index < -0.39 is 23.7 Å². The Morgan fingerprint density at radius 1 is 1.33 bits per heavy atom. The van der Waals surface area contributed by atoms with E-state index in [4.69, 9.17) is 5.11 Å². The molecule has 0 aliphatic heterocycles. The number of halogens is 2. The first-order chi connectivity index (χ1) is 9.95. The van der Waals surface area contributed by atoms with Crippen LogP contribution in [0.25, 0.3) is 0 Å². The Balaban J connectivity index is 2.84. The Kier molecular flexibility index (Phi) is 7.52. The fraction of sp³-hybridized carbons (Fsp3) is 0.385. The Hall–Kier alpha value is -1.28. The zero-order chi connectivity index (χ0) is 15.8. The van der Waals surface area contributed by atoms with E-state index in [2.05, 4.69) is 5.32 Å². The molecular formula is C13H15F2NO3S2. The van der Waals surface area contributed by atoms with Crippen molar-refractivity contribution >= 4 is 35.4 Å². The number of amides is 1. The van der Waals surface area contributed by atoms with Gasteiger partial charge in [-0.1, -0.05) is 23.9 Å². The average Bonchev–Trinajstić information content (AvgIpc) is 2.42. The van der Waals surface area contributed by atoms with Crippen LogP contribution in [0.4, 0.5) is 8.78 Å². The van der Waals surface area contributed by atoms with Gasteiger partial charge >= 0.3 is 5.97 Å². The van der Waals surface area contributed by atoms with E-state index in [1.54, 1.807) is 12.1 Å². The van der Waals surface area contributed by atoms with E-state index in [1.165, 1.54) is 23.9 Å². The first kappa shape index (κ1) is 17.8. The Labute approximate surface area is 129 Å². The molecule has 0 heterocycles. The number of alkyl halides is 2. The predicted octanol–water partition coefficient (Wildman–Crippen LogP) is 2.94. The van der Waals surface area contributed by atoms with Crippen molar-refractivity contribution in [2.45, 2.75) is 23.1 Å². The number of carboxylic acid groups (broad SMARTS) is 1. The molecule has 1 atom stereocenters. The molecule has 1 aromatic rings. The number of hydrogen-bond acceptors (Lipinski definition) is 4. The molecule has 0 aliphatic carbocycles. The molecule has 116 valence electrons. The largest absolute Gasteiger partial charge is 0.480 e. The summed E-state index contributed by atoms with van der Waals surface area (Å²) in [4.78, 5) is 23.3. The number of carboxylic acids is 1. The monoisotopic (exact) mass is 335 g/mol. The van der Waals surface area contributed by atoms with Crippen LogP contribution < -0.4 is 5.32 Å². The lowest BCUT2D eigenvalue weighted by molar-refractivity contribution is -0.139. The molecule has 0 bridgehead atoms. The van der Waals surface area contributed by atoms with Gasteiger partial charge in [0.15, 0.2) is 0 Å². The first-order valence-corrected chi connectivity index (χ1v) is 8.29. The van der Waals surface area contributed by atoms with Crippen LogP contribution in [0.15, 0.2) is 29.2 Å². The van der Waals surface area contributed by atoms with Crippen molar-refractivity contribution in [3.8, 4) is 0 Å². The molecule has 4 nitrogen and oxygen atoms in total. The molecule has 0 fully saturated rings. The number of benzene rings is 1. The minimum Gasteiger partial charge on any atom is -0.480 e. The van der Waals surface area contributed by atoms with Crippen LogP contribution in [-0.4, -0.2) is 40.8 Å². The molecule has 2 N–H and O–H groups in total. The number of nitrogens with one attached hydrogen (secondary N) is 1. The highest BCUT2D eigenvalue weighted by atomic mass is 32.2. The van der Waals surface area contributed by atoms with Crippen LogP contribution in [-0.2, 0) is 4.79 Å². The maximum absolute atomic E-state index is 12.5. The van der Waals surface area contributed by atoms with Crippen molar-refractivity contribution in [3.05, 3.63) is 29.8 Å². The topological polar surface area (TPSA) is 66.4 Å². The van der Waals surface area contributed by atoms with Gasteiger partial charge in [-0.3, -0.25) is 4.79 Å². The maximum atomic E-state index is 12.5. The summed E-state index contributed by atoms with van der Waals surface area (Å²) in [5, 5.41) is 11.4. The van der Waals surface area contributed by atoms with Gasteiger partial charge in [0.1, 0.15) is 6.04 Å². The second-order valence-corrected chi connectivity index (χ2v) is 6.04. The number of carbonyl (C=O) groups is 2. The summed E-state index contributed by atoms with van der Waals surface area (Å²) in [6, 6.07) is 4.86. The van der Waals surface area contributed by atoms with Gasteiger partial charge in [-0.05, 0) is 30.6 Å². The zero-order valence-electron chi connectivity index (χ0n) is 11.2. The summed E-state index contributed by atoms with van der Waals surface area (Å²) in [5.41, 5.74) is 0.0539. The lowest BCUT2D eigenvalue weighted by atomic mass is 10.1. The molecular weight excluding hydrogens is 320 g/mol. The number of aliphatic carboxylic acids is 1. The molecule has 0 spiro atoms. The minimum absolute atomic E-state index is 0.0539. The van der Waals surface area contributed by atoms with Crippen molar-refractivity contribution in [2.24, 2.45) is 0 Å². The van der Waals surface area contributed by atoms with Crippen molar-refractivity contribution in [1.29, 1.82) is 0 Å². The lowest BCUT2D eigenvalue weighted by Crippen LogP contribution is -2.41. The van der Waals surface area contributed by atoms with Gasteiger partial charge in [0, 0.05) is 4.90 Å². The number of rotatable bonds is 8. The van der Waals surface area contributed by atoms with Gasteiger partial charge in [0.25, 0.3) is 11.7 Å². The van der Waals surface area contributed by atoms with Crippen LogP contribution in [0, 0.1) is 0 Å². The van der Waals surface area contributed by atoms with Gasteiger partial charge in [0.2, 0.25) is 0 Å². The van der Waals surface area contributed by atoms with Crippen molar-refractivity contribution in [1.82, 2.24) is 5.32 Å². The number of carbonyl (C=O) groups excluding carboxylic acids is 1. The van der Waals surface area contributed by atoms with Crippen LogP contribution in [0.1, 0.15) is 16.8 Å². The fourth-order valence-corrected chi connectivity index (χ4v) is 2.69. The molecule has 0 aromatic heterocycles. The van der Waals surface area contributed by atoms with Gasteiger partial charge in [0.05, 0.1) is 5.56 Å². The Morgan fingerprint density at radius 3 is 2.57 bits per heavy atom. The van der Waals surface area contributed by atoms with Crippen LogP contribution in [0.5, 0.6) is 0 Å². The Morgan fingerprint density at radius 2 is 2.00 bits per heavy atom. The predicted molar refractivity (Wildman–Crippen MR) is 80.2 cm³/mol. The molecule has 1 amide bonds. The second kappa shape index (κ2) is 8.89. The zero-order valence-corrected chi connectivity index (χ0v) is 12.8. The highest BCUT2D eigenvalue weighted by Crippen LogP contribution is 2.28. The molecule has 0 saturated heterocycles. The third-order valence-corrected chi connectivity index (χ3v) is 3.99. The van der Waals surface area contributed by atoms with Gasteiger partial charge in [-0.15, -0.1) is 0 Å². The molecule has 1 aromatic carbocycles.